The average molecular weight is 464 g/mol. The van der Waals surface area contributed by atoms with E-state index in [1.807, 2.05) is 30.0 Å². The molecule has 1 aliphatic rings. The maximum absolute atomic E-state index is 13.8. The Kier molecular flexibility index (Phi) is 7.22. The molecule has 0 saturated carbocycles. The number of aromatic nitrogens is 1. The van der Waals surface area contributed by atoms with Crippen molar-refractivity contribution in [3.8, 4) is 11.5 Å². The van der Waals surface area contributed by atoms with Gasteiger partial charge in [0.15, 0.2) is 0 Å². The number of pyridine rings is 1. The van der Waals surface area contributed by atoms with Gasteiger partial charge in [-0.1, -0.05) is 18.2 Å². The van der Waals surface area contributed by atoms with Crippen LogP contribution >= 0.6 is 0 Å². The Balaban J connectivity index is 1.74. The van der Waals surface area contributed by atoms with E-state index in [0.29, 0.717) is 30.2 Å². The molecule has 0 radical (unpaired) electrons. The Morgan fingerprint density at radius 2 is 1.85 bits per heavy atom. The molecular formula is C27H33N3O4. The highest BCUT2D eigenvalue weighted by molar-refractivity contribution is 5.95. The van der Waals surface area contributed by atoms with Crippen LogP contribution in [-0.4, -0.2) is 63.4 Å². The molecule has 7 heteroatoms. The molecule has 2 heterocycles. The molecule has 4 rings (SSSR count). The summed E-state index contributed by atoms with van der Waals surface area (Å²) in [4.78, 5) is 22.6. The van der Waals surface area contributed by atoms with Crippen molar-refractivity contribution in [3.63, 3.8) is 0 Å². The topological polar surface area (TPSA) is 64.1 Å². The quantitative estimate of drug-likeness (QED) is 0.492. The van der Waals surface area contributed by atoms with Gasteiger partial charge in [-0.2, -0.15) is 0 Å². The molecule has 1 aliphatic heterocycles. The number of para-hydroxylation sites is 1. The predicted molar refractivity (Wildman–Crippen MR) is 134 cm³/mol. The standard InChI is InChI=1S/C27H33N3O4/c1-18-8-6-9-19-12-21(26(29(2)3)28-25(18)19)16-30(17-22-10-7-11-34-22)27(31)20-13-23(32-4)15-24(14-20)33-5/h6,8-9,12-15,22H,7,10-11,16-17H2,1-5H3. The van der Waals surface area contributed by atoms with Gasteiger partial charge in [-0.05, 0) is 43.5 Å². The fraction of sp³-hybridized carbons (Fsp3) is 0.407. The van der Waals surface area contributed by atoms with Crippen LogP contribution in [-0.2, 0) is 11.3 Å². The first kappa shape index (κ1) is 23.8. The van der Waals surface area contributed by atoms with E-state index >= 15 is 0 Å². The first-order chi connectivity index (χ1) is 16.4. The van der Waals surface area contributed by atoms with Crippen molar-refractivity contribution in [2.24, 2.45) is 0 Å². The molecule has 1 fully saturated rings. The summed E-state index contributed by atoms with van der Waals surface area (Å²) < 4.78 is 16.7. The van der Waals surface area contributed by atoms with Crippen LogP contribution in [0.2, 0.25) is 0 Å². The molecule has 1 aromatic heterocycles. The Bertz CT molecular complexity index is 1150. The van der Waals surface area contributed by atoms with Crippen molar-refractivity contribution in [2.75, 3.05) is 46.4 Å². The van der Waals surface area contributed by atoms with Gasteiger partial charge in [-0.25, -0.2) is 4.98 Å². The minimum Gasteiger partial charge on any atom is -0.497 e. The second-order valence-corrected chi connectivity index (χ2v) is 8.93. The van der Waals surface area contributed by atoms with Crippen LogP contribution in [0, 0.1) is 6.92 Å². The van der Waals surface area contributed by atoms with Gasteiger partial charge >= 0.3 is 0 Å². The molecule has 1 atom stereocenters. The van der Waals surface area contributed by atoms with Gasteiger partial charge in [-0.15, -0.1) is 0 Å². The number of methoxy groups -OCH3 is 2. The van der Waals surface area contributed by atoms with Crippen LogP contribution in [0.3, 0.4) is 0 Å². The number of amides is 1. The molecule has 0 spiro atoms. The first-order valence-corrected chi connectivity index (χ1v) is 11.6. The average Bonchev–Trinajstić information content (AvgIpc) is 3.35. The normalized spacial score (nSPS) is 15.4. The zero-order valence-electron chi connectivity index (χ0n) is 20.6. The minimum absolute atomic E-state index is 0.0231. The molecule has 3 aromatic rings. The van der Waals surface area contributed by atoms with Gasteiger partial charge in [-0.3, -0.25) is 4.79 Å². The maximum atomic E-state index is 13.8. The highest BCUT2D eigenvalue weighted by Crippen LogP contribution is 2.28. The molecule has 180 valence electrons. The molecule has 2 aromatic carbocycles. The number of nitrogens with zero attached hydrogens (tertiary/aromatic N) is 3. The van der Waals surface area contributed by atoms with Crippen molar-refractivity contribution >= 4 is 22.6 Å². The van der Waals surface area contributed by atoms with E-state index < -0.39 is 0 Å². The summed E-state index contributed by atoms with van der Waals surface area (Å²) in [6, 6.07) is 13.6. The monoisotopic (exact) mass is 463 g/mol. The predicted octanol–water partition coefficient (Wildman–Crippen LogP) is 4.45. The van der Waals surface area contributed by atoms with Crippen LogP contribution in [0.15, 0.2) is 42.5 Å². The number of hydrogen-bond acceptors (Lipinski definition) is 6. The zero-order valence-corrected chi connectivity index (χ0v) is 20.6. The van der Waals surface area contributed by atoms with Gasteiger partial charge in [0.25, 0.3) is 5.91 Å². The van der Waals surface area contributed by atoms with Crippen LogP contribution < -0.4 is 14.4 Å². The maximum Gasteiger partial charge on any atom is 0.254 e. The van der Waals surface area contributed by atoms with Crippen molar-refractivity contribution in [3.05, 3.63) is 59.2 Å². The van der Waals surface area contributed by atoms with Gasteiger partial charge in [0.2, 0.25) is 0 Å². The van der Waals surface area contributed by atoms with Crippen molar-refractivity contribution < 1.29 is 19.0 Å². The number of aryl methyl sites for hydroxylation is 1. The lowest BCUT2D eigenvalue weighted by atomic mass is 10.1. The molecule has 1 unspecified atom stereocenters. The van der Waals surface area contributed by atoms with E-state index in [4.69, 9.17) is 19.2 Å². The fourth-order valence-electron chi connectivity index (χ4n) is 4.46. The van der Waals surface area contributed by atoms with Crippen molar-refractivity contribution in [1.29, 1.82) is 0 Å². The van der Waals surface area contributed by atoms with Gasteiger partial charge in [0, 0.05) is 56.4 Å². The van der Waals surface area contributed by atoms with E-state index in [9.17, 15) is 4.79 Å². The van der Waals surface area contributed by atoms with Crippen LogP contribution in [0.1, 0.15) is 34.3 Å². The molecule has 34 heavy (non-hydrogen) atoms. The number of carbonyl (C=O) groups is 1. The summed E-state index contributed by atoms with van der Waals surface area (Å²) in [5.74, 6) is 1.92. The lowest BCUT2D eigenvalue weighted by Crippen LogP contribution is -2.37. The number of rotatable bonds is 8. The Labute approximate surface area is 201 Å². The molecule has 7 nitrogen and oxygen atoms in total. The molecule has 1 amide bonds. The molecule has 0 bridgehead atoms. The third-order valence-electron chi connectivity index (χ3n) is 6.22. The summed E-state index contributed by atoms with van der Waals surface area (Å²) in [6.07, 6.45) is 1.98. The molecule has 0 aliphatic carbocycles. The van der Waals surface area contributed by atoms with E-state index in [1.165, 1.54) is 0 Å². The Morgan fingerprint density at radius 3 is 2.47 bits per heavy atom. The van der Waals surface area contributed by atoms with E-state index in [2.05, 4.69) is 25.1 Å². The smallest absolute Gasteiger partial charge is 0.254 e. The van der Waals surface area contributed by atoms with E-state index in [-0.39, 0.29) is 12.0 Å². The molecule has 1 saturated heterocycles. The lowest BCUT2D eigenvalue weighted by Gasteiger charge is -2.28. The van der Waals surface area contributed by atoms with Gasteiger partial charge in [0.1, 0.15) is 17.3 Å². The van der Waals surface area contributed by atoms with Crippen LogP contribution in [0.4, 0.5) is 5.82 Å². The van der Waals surface area contributed by atoms with E-state index in [0.717, 1.165) is 47.3 Å². The van der Waals surface area contributed by atoms with Gasteiger partial charge < -0.3 is 24.0 Å². The Hall–Kier alpha value is -3.32. The summed E-state index contributed by atoms with van der Waals surface area (Å²) in [5.41, 5.74) is 3.61. The first-order valence-electron chi connectivity index (χ1n) is 11.6. The third-order valence-corrected chi connectivity index (χ3v) is 6.22. The second kappa shape index (κ2) is 10.3. The zero-order chi connectivity index (χ0) is 24.2. The van der Waals surface area contributed by atoms with Crippen LogP contribution in [0.5, 0.6) is 11.5 Å². The summed E-state index contributed by atoms with van der Waals surface area (Å²) >= 11 is 0. The highest BCUT2D eigenvalue weighted by Gasteiger charge is 2.26. The van der Waals surface area contributed by atoms with Gasteiger partial charge in [0.05, 0.1) is 25.8 Å². The molecule has 0 N–H and O–H groups in total. The SMILES string of the molecule is COc1cc(OC)cc(C(=O)N(Cc2cc3cccc(C)c3nc2N(C)C)CC2CCCO2)c1. The number of fused-ring (bicyclic) bond motifs is 1. The molecular weight excluding hydrogens is 430 g/mol. The van der Waals surface area contributed by atoms with E-state index in [1.54, 1.807) is 32.4 Å². The number of carbonyl (C=O) groups excluding carboxylic acids is 1. The Morgan fingerprint density at radius 1 is 1.12 bits per heavy atom. The highest BCUT2D eigenvalue weighted by atomic mass is 16.5. The number of ether oxygens (including phenoxy) is 3. The lowest BCUT2D eigenvalue weighted by molar-refractivity contribution is 0.0507. The third kappa shape index (κ3) is 5.09. The van der Waals surface area contributed by atoms with Crippen molar-refractivity contribution in [2.45, 2.75) is 32.4 Å². The number of hydrogen-bond donors (Lipinski definition) is 0. The largest absolute Gasteiger partial charge is 0.497 e. The summed E-state index contributed by atoms with van der Waals surface area (Å²) in [7, 11) is 7.13. The van der Waals surface area contributed by atoms with Crippen molar-refractivity contribution in [1.82, 2.24) is 9.88 Å². The number of benzene rings is 2. The minimum atomic E-state index is -0.0956. The summed E-state index contributed by atoms with van der Waals surface area (Å²) in [6.45, 7) is 3.73. The number of anilines is 1. The van der Waals surface area contributed by atoms with Crippen LogP contribution in [0.25, 0.3) is 10.9 Å². The second-order valence-electron chi connectivity index (χ2n) is 8.93. The summed E-state index contributed by atoms with van der Waals surface area (Å²) in [5, 5.41) is 1.06. The fourth-order valence-corrected chi connectivity index (χ4v) is 4.46.